The average Bonchev–Trinajstić information content (AvgIpc) is 2.60. The van der Waals surface area contributed by atoms with E-state index in [0.717, 1.165) is 13.1 Å². The summed E-state index contributed by atoms with van der Waals surface area (Å²) < 4.78 is 1.65. The molecule has 4 nitrogen and oxygen atoms in total. The number of carbonyl (C=O) groups is 1. The second-order valence-electron chi connectivity index (χ2n) is 3.48. The summed E-state index contributed by atoms with van der Waals surface area (Å²) in [6.07, 6.45) is 3.37. The maximum atomic E-state index is 11.8. The normalized spacial score (nSPS) is 12.8. The Morgan fingerprint density at radius 2 is 2.43 bits per heavy atom. The van der Waals surface area contributed by atoms with Crippen LogP contribution in [0.4, 0.5) is 0 Å². The largest absolute Gasteiger partial charge is 0.316 e. The van der Waals surface area contributed by atoms with Crippen LogP contribution in [-0.4, -0.2) is 28.7 Å². The summed E-state index contributed by atoms with van der Waals surface area (Å²) >= 11 is 0. The fraction of sp³-hybridized carbons (Fsp3) is 0.600. The zero-order valence-corrected chi connectivity index (χ0v) is 8.95. The summed E-state index contributed by atoms with van der Waals surface area (Å²) in [4.78, 5) is 11.8. The van der Waals surface area contributed by atoms with Crippen molar-refractivity contribution < 1.29 is 4.79 Å². The second-order valence-corrected chi connectivity index (χ2v) is 3.48. The topological polar surface area (TPSA) is 46.9 Å². The van der Waals surface area contributed by atoms with Gasteiger partial charge in [-0.1, -0.05) is 13.8 Å². The molecule has 1 rings (SSSR count). The summed E-state index contributed by atoms with van der Waals surface area (Å²) in [6.45, 7) is 5.58. The Balaban J connectivity index is 2.56. The molecule has 0 aliphatic heterocycles. The molecule has 1 heterocycles. The third kappa shape index (κ3) is 2.67. The van der Waals surface area contributed by atoms with Gasteiger partial charge < -0.3 is 5.32 Å². The summed E-state index contributed by atoms with van der Waals surface area (Å²) in [5.74, 6) is 0.165. The van der Waals surface area contributed by atoms with Gasteiger partial charge >= 0.3 is 0 Å². The standard InChI is InChI=1S/C10H17N3O/c1-4-11-5-8(2)10(14)9-6-12-13(3)7-9/h6-8,11H,4-5H2,1-3H3. The molecule has 0 radical (unpaired) electrons. The van der Waals surface area contributed by atoms with Crippen molar-refractivity contribution in [1.29, 1.82) is 0 Å². The average molecular weight is 195 g/mol. The number of aromatic nitrogens is 2. The Kier molecular flexibility index (Phi) is 3.83. The van der Waals surface area contributed by atoms with E-state index >= 15 is 0 Å². The van der Waals surface area contributed by atoms with Crippen LogP contribution in [0.5, 0.6) is 0 Å². The van der Waals surface area contributed by atoms with Crippen LogP contribution in [0.2, 0.25) is 0 Å². The molecule has 1 atom stereocenters. The van der Waals surface area contributed by atoms with E-state index in [-0.39, 0.29) is 11.7 Å². The number of ketones is 1. The van der Waals surface area contributed by atoms with E-state index in [0.29, 0.717) is 5.56 Å². The molecule has 0 amide bonds. The van der Waals surface area contributed by atoms with Gasteiger partial charge in [0.15, 0.2) is 5.78 Å². The van der Waals surface area contributed by atoms with Gasteiger partial charge in [-0.15, -0.1) is 0 Å². The molecule has 1 N–H and O–H groups in total. The molecule has 0 aliphatic carbocycles. The van der Waals surface area contributed by atoms with Crippen molar-refractivity contribution >= 4 is 5.78 Å². The van der Waals surface area contributed by atoms with Gasteiger partial charge in [0, 0.05) is 25.7 Å². The van der Waals surface area contributed by atoms with Crippen molar-refractivity contribution in [1.82, 2.24) is 15.1 Å². The lowest BCUT2D eigenvalue weighted by Gasteiger charge is -2.08. The summed E-state index contributed by atoms with van der Waals surface area (Å²) in [5.41, 5.74) is 0.693. The van der Waals surface area contributed by atoms with Crippen LogP contribution in [0, 0.1) is 5.92 Å². The number of hydrogen-bond donors (Lipinski definition) is 1. The highest BCUT2D eigenvalue weighted by atomic mass is 16.1. The molecule has 1 unspecified atom stereocenters. The highest BCUT2D eigenvalue weighted by molar-refractivity contribution is 5.97. The van der Waals surface area contributed by atoms with E-state index in [4.69, 9.17) is 0 Å². The Morgan fingerprint density at radius 1 is 1.71 bits per heavy atom. The molecule has 14 heavy (non-hydrogen) atoms. The Hall–Kier alpha value is -1.16. The SMILES string of the molecule is CCNCC(C)C(=O)c1cnn(C)c1. The third-order valence-electron chi connectivity index (χ3n) is 2.14. The predicted molar refractivity (Wildman–Crippen MR) is 55.2 cm³/mol. The number of Topliss-reactive ketones (excluding diaryl/α,β-unsaturated/α-hetero) is 1. The van der Waals surface area contributed by atoms with Gasteiger partial charge in [-0.25, -0.2) is 0 Å². The van der Waals surface area contributed by atoms with E-state index in [1.54, 1.807) is 17.1 Å². The van der Waals surface area contributed by atoms with E-state index in [2.05, 4.69) is 10.4 Å². The Bertz CT molecular complexity index is 306. The molecule has 0 aliphatic rings. The van der Waals surface area contributed by atoms with Crippen molar-refractivity contribution in [2.24, 2.45) is 13.0 Å². The van der Waals surface area contributed by atoms with E-state index in [1.165, 1.54) is 0 Å². The van der Waals surface area contributed by atoms with E-state index in [1.807, 2.05) is 20.9 Å². The fourth-order valence-corrected chi connectivity index (χ4v) is 1.29. The lowest BCUT2D eigenvalue weighted by Crippen LogP contribution is -2.26. The Labute approximate surface area is 84.3 Å². The van der Waals surface area contributed by atoms with Gasteiger partial charge in [0.05, 0.1) is 11.8 Å². The zero-order chi connectivity index (χ0) is 10.6. The number of nitrogens with one attached hydrogen (secondary N) is 1. The molecule has 0 fully saturated rings. The minimum absolute atomic E-state index is 0.0131. The predicted octanol–water partition coefficient (Wildman–Crippen LogP) is 0.848. The zero-order valence-electron chi connectivity index (χ0n) is 8.95. The van der Waals surface area contributed by atoms with Crippen molar-refractivity contribution in [3.05, 3.63) is 18.0 Å². The third-order valence-corrected chi connectivity index (χ3v) is 2.14. The Morgan fingerprint density at radius 3 is 2.93 bits per heavy atom. The first kappa shape index (κ1) is 10.9. The number of hydrogen-bond acceptors (Lipinski definition) is 3. The molecule has 1 aromatic heterocycles. The first-order valence-electron chi connectivity index (χ1n) is 4.88. The van der Waals surface area contributed by atoms with Gasteiger partial charge in [-0.2, -0.15) is 5.10 Å². The number of aryl methyl sites for hydroxylation is 1. The second kappa shape index (κ2) is 4.91. The minimum Gasteiger partial charge on any atom is -0.316 e. The first-order valence-corrected chi connectivity index (χ1v) is 4.88. The highest BCUT2D eigenvalue weighted by Gasteiger charge is 2.15. The molecular formula is C10H17N3O. The van der Waals surface area contributed by atoms with E-state index < -0.39 is 0 Å². The van der Waals surface area contributed by atoms with E-state index in [9.17, 15) is 4.79 Å². The van der Waals surface area contributed by atoms with Crippen LogP contribution in [-0.2, 0) is 7.05 Å². The number of rotatable bonds is 5. The van der Waals surface area contributed by atoms with Crippen LogP contribution in [0.15, 0.2) is 12.4 Å². The maximum absolute atomic E-state index is 11.8. The minimum atomic E-state index is 0.0131. The molecular weight excluding hydrogens is 178 g/mol. The summed E-state index contributed by atoms with van der Waals surface area (Å²) in [7, 11) is 1.81. The fourth-order valence-electron chi connectivity index (χ4n) is 1.29. The van der Waals surface area contributed by atoms with Crippen LogP contribution in [0.1, 0.15) is 24.2 Å². The molecule has 0 bridgehead atoms. The first-order chi connectivity index (χ1) is 6.65. The van der Waals surface area contributed by atoms with Gasteiger partial charge in [0.1, 0.15) is 0 Å². The van der Waals surface area contributed by atoms with Crippen LogP contribution in [0.25, 0.3) is 0 Å². The van der Waals surface area contributed by atoms with Crippen molar-refractivity contribution in [3.63, 3.8) is 0 Å². The number of carbonyl (C=O) groups excluding carboxylic acids is 1. The van der Waals surface area contributed by atoms with Crippen LogP contribution >= 0.6 is 0 Å². The van der Waals surface area contributed by atoms with Crippen molar-refractivity contribution in [3.8, 4) is 0 Å². The van der Waals surface area contributed by atoms with Crippen LogP contribution < -0.4 is 5.32 Å². The maximum Gasteiger partial charge on any atom is 0.170 e. The quantitative estimate of drug-likeness (QED) is 0.708. The molecule has 0 saturated heterocycles. The summed E-state index contributed by atoms with van der Waals surface area (Å²) in [6, 6.07) is 0. The monoisotopic (exact) mass is 195 g/mol. The van der Waals surface area contributed by atoms with Gasteiger partial charge in [-0.05, 0) is 6.54 Å². The number of nitrogens with zero attached hydrogens (tertiary/aromatic N) is 2. The van der Waals surface area contributed by atoms with Gasteiger partial charge in [0.2, 0.25) is 0 Å². The molecule has 0 spiro atoms. The smallest absolute Gasteiger partial charge is 0.170 e. The van der Waals surface area contributed by atoms with Crippen molar-refractivity contribution in [2.45, 2.75) is 13.8 Å². The molecule has 1 aromatic rings. The van der Waals surface area contributed by atoms with Gasteiger partial charge in [0.25, 0.3) is 0 Å². The highest BCUT2D eigenvalue weighted by Crippen LogP contribution is 2.06. The van der Waals surface area contributed by atoms with Crippen molar-refractivity contribution in [2.75, 3.05) is 13.1 Å². The van der Waals surface area contributed by atoms with Crippen LogP contribution in [0.3, 0.4) is 0 Å². The molecule has 0 saturated carbocycles. The lowest BCUT2D eigenvalue weighted by molar-refractivity contribution is 0.0929. The molecule has 4 heteroatoms. The summed E-state index contributed by atoms with van der Waals surface area (Å²) in [5, 5.41) is 7.13. The molecule has 0 aromatic carbocycles. The molecule has 78 valence electrons. The lowest BCUT2D eigenvalue weighted by atomic mass is 10.0. The van der Waals surface area contributed by atoms with Gasteiger partial charge in [-0.3, -0.25) is 9.48 Å².